The molecule has 2 aromatic heterocycles. The number of nitrogens with one attached hydrogen (secondary N) is 1. The normalized spacial score (nSPS) is 18.3. The third-order valence-electron chi connectivity index (χ3n) is 6.32. The number of nitrogens with two attached hydrogens (primary N) is 1. The van der Waals surface area contributed by atoms with Crippen LogP contribution >= 0.6 is 0 Å². The van der Waals surface area contributed by atoms with Gasteiger partial charge in [0.05, 0.1) is 18.7 Å². The molecule has 1 aromatic carbocycles. The van der Waals surface area contributed by atoms with Gasteiger partial charge in [-0.1, -0.05) is 45.0 Å². The molecular formula is C25H32N6O4S. The molecule has 36 heavy (non-hydrogen) atoms. The molecule has 4 rings (SSSR count). The summed E-state index contributed by atoms with van der Waals surface area (Å²) in [7, 11) is -3.96. The lowest BCUT2D eigenvalue weighted by Crippen LogP contribution is -2.22. The fourth-order valence-corrected chi connectivity index (χ4v) is 4.77. The molecule has 3 aromatic rings. The van der Waals surface area contributed by atoms with Crippen LogP contribution in [0.25, 0.3) is 0 Å². The summed E-state index contributed by atoms with van der Waals surface area (Å²) in [5.74, 6) is 0.210. The van der Waals surface area contributed by atoms with Crippen LogP contribution in [0.2, 0.25) is 0 Å². The van der Waals surface area contributed by atoms with Crippen molar-refractivity contribution in [2.75, 3.05) is 11.9 Å². The number of benzene rings is 1. The molecular weight excluding hydrogens is 480 g/mol. The van der Waals surface area contributed by atoms with Gasteiger partial charge in [-0.2, -0.15) is 13.5 Å². The van der Waals surface area contributed by atoms with Gasteiger partial charge in [-0.15, -0.1) is 0 Å². The summed E-state index contributed by atoms with van der Waals surface area (Å²) < 4.78 is 28.6. The molecule has 0 amide bonds. The molecule has 10 nitrogen and oxygen atoms in total. The molecule has 1 saturated carbocycles. The van der Waals surface area contributed by atoms with Gasteiger partial charge in [-0.25, -0.2) is 15.1 Å². The molecule has 1 aliphatic rings. The van der Waals surface area contributed by atoms with E-state index in [-0.39, 0.29) is 29.8 Å². The van der Waals surface area contributed by atoms with Gasteiger partial charge in [-0.05, 0) is 47.8 Å². The molecule has 0 radical (unpaired) electrons. The van der Waals surface area contributed by atoms with Gasteiger partial charge in [0.2, 0.25) is 5.78 Å². The number of hydrogen-bond acceptors (Lipinski definition) is 8. The topological polar surface area (TPSA) is 142 Å². The maximum absolute atomic E-state index is 13.3. The summed E-state index contributed by atoms with van der Waals surface area (Å²) in [6, 6.07) is 10.1. The number of anilines is 1. The molecule has 1 aliphatic carbocycles. The lowest BCUT2D eigenvalue weighted by Gasteiger charge is -2.19. The quantitative estimate of drug-likeness (QED) is 0.417. The summed E-state index contributed by atoms with van der Waals surface area (Å²) in [4.78, 5) is 21.6. The molecule has 1 fully saturated rings. The van der Waals surface area contributed by atoms with Crippen LogP contribution in [0.15, 0.2) is 49.1 Å². The zero-order chi connectivity index (χ0) is 25.9. The first-order valence-corrected chi connectivity index (χ1v) is 13.4. The van der Waals surface area contributed by atoms with E-state index in [9.17, 15) is 13.2 Å². The summed E-state index contributed by atoms with van der Waals surface area (Å²) in [6.45, 7) is 7.12. The van der Waals surface area contributed by atoms with E-state index in [1.54, 1.807) is 16.9 Å². The van der Waals surface area contributed by atoms with Crippen molar-refractivity contribution in [1.29, 1.82) is 0 Å². The molecule has 0 aliphatic heterocycles. The second kappa shape index (κ2) is 10.5. The zero-order valence-electron chi connectivity index (χ0n) is 20.7. The van der Waals surface area contributed by atoms with Crippen LogP contribution in [0.4, 0.5) is 5.82 Å². The Morgan fingerprint density at radius 1 is 1.25 bits per heavy atom. The maximum Gasteiger partial charge on any atom is 0.333 e. The van der Waals surface area contributed by atoms with Gasteiger partial charge in [0.25, 0.3) is 0 Å². The first-order valence-electron chi connectivity index (χ1n) is 11.9. The lowest BCUT2D eigenvalue weighted by atomic mass is 9.86. The maximum atomic E-state index is 13.3. The monoisotopic (exact) mass is 512 g/mol. The highest BCUT2D eigenvalue weighted by Gasteiger charge is 2.28. The zero-order valence-corrected chi connectivity index (χ0v) is 21.5. The van der Waals surface area contributed by atoms with E-state index in [2.05, 4.69) is 53.3 Å². The van der Waals surface area contributed by atoms with Crippen LogP contribution in [-0.4, -0.2) is 46.6 Å². The highest BCUT2D eigenvalue weighted by Crippen LogP contribution is 2.29. The SMILES string of the molecule is CC(C)(C)c1cccc(Cn2ccc(C(=O)c3cncnc3NC3CCC(COS(N)(=O)=O)C3)n2)c1. The van der Waals surface area contributed by atoms with E-state index < -0.39 is 10.3 Å². The minimum Gasteiger partial charge on any atom is -0.367 e. The Kier molecular flexibility index (Phi) is 7.53. The van der Waals surface area contributed by atoms with Crippen LogP contribution in [0.1, 0.15) is 67.2 Å². The van der Waals surface area contributed by atoms with Crippen molar-refractivity contribution in [1.82, 2.24) is 19.7 Å². The van der Waals surface area contributed by atoms with Gasteiger partial charge in [0.1, 0.15) is 17.8 Å². The minimum absolute atomic E-state index is 0.0215. The van der Waals surface area contributed by atoms with Crippen molar-refractivity contribution in [2.45, 2.75) is 58.0 Å². The van der Waals surface area contributed by atoms with Crippen molar-refractivity contribution >= 4 is 21.9 Å². The van der Waals surface area contributed by atoms with Crippen LogP contribution in [0, 0.1) is 5.92 Å². The van der Waals surface area contributed by atoms with Gasteiger partial charge < -0.3 is 5.32 Å². The highest BCUT2D eigenvalue weighted by atomic mass is 32.2. The summed E-state index contributed by atoms with van der Waals surface area (Å²) in [5, 5.41) is 12.7. The first kappa shape index (κ1) is 25.9. The standard InChI is InChI=1S/C25H32N6O4S/c1-25(2,3)19-6-4-5-17(11-19)14-31-10-9-22(30-31)23(32)21-13-27-16-28-24(21)29-20-8-7-18(12-20)15-35-36(26,33)34/h4-6,9-11,13,16,18,20H,7-8,12,14-15H2,1-3H3,(H2,26,33,34)(H,27,28,29). The van der Waals surface area contributed by atoms with Crippen LogP contribution in [-0.2, 0) is 26.4 Å². The van der Waals surface area contributed by atoms with E-state index in [1.165, 1.54) is 18.1 Å². The predicted molar refractivity (Wildman–Crippen MR) is 136 cm³/mol. The summed E-state index contributed by atoms with van der Waals surface area (Å²) in [6.07, 6.45) is 6.91. The van der Waals surface area contributed by atoms with E-state index >= 15 is 0 Å². The number of ketones is 1. The molecule has 2 unspecified atom stereocenters. The van der Waals surface area contributed by atoms with Crippen LogP contribution in [0.3, 0.4) is 0 Å². The third kappa shape index (κ3) is 6.74. The molecule has 2 heterocycles. The number of rotatable bonds is 9. The highest BCUT2D eigenvalue weighted by molar-refractivity contribution is 7.84. The van der Waals surface area contributed by atoms with Gasteiger partial charge >= 0.3 is 10.3 Å². The summed E-state index contributed by atoms with van der Waals surface area (Å²) in [5.41, 5.74) is 3.04. The Bertz CT molecular complexity index is 1330. The third-order valence-corrected chi connectivity index (χ3v) is 6.78. The molecule has 2 atom stereocenters. The van der Waals surface area contributed by atoms with Crippen molar-refractivity contribution in [3.63, 3.8) is 0 Å². The smallest absolute Gasteiger partial charge is 0.333 e. The fourth-order valence-electron chi connectivity index (χ4n) is 4.38. The van der Waals surface area contributed by atoms with Gasteiger partial charge in [0, 0.05) is 18.4 Å². The average molecular weight is 513 g/mol. The molecule has 0 spiro atoms. The van der Waals surface area contributed by atoms with E-state index in [1.807, 2.05) is 12.1 Å². The van der Waals surface area contributed by atoms with E-state index in [0.29, 0.717) is 30.0 Å². The average Bonchev–Trinajstić information content (AvgIpc) is 3.46. The van der Waals surface area contributed by atoms with Crippen molar-refractivity contribution in [2.24, 2.45) is 11.1 Å². The Balaban J connectivity index is 1.43. The first-order chi connectivity index (χ1) is 17.0. The molecule has 0 bridgehead atoms. The number of carbonyl (C=O) groups excluding carboxylic acids is 1. The van der Waals surface area contributed by atoms with Crippen molar-refractivity contribution < 1.29 is 17.4 Å². The van der Waals surface area contributed by atoms with E-state index in [4.69, 9.17) is 9.32 Å². The Labute approximate surface area is 211 Å². The van der Waals surface area contributed by atoms with E-state index in [0.717, 1.165) is 18.4 Å². The predicted octanol–water partition coefficient (Wildman–Crippen LogP) is 3.05. The second-order valence-electron chi connectivity index (χ2n) is 10.3. The van der Waals surface area contributed by atoms with Crippen molar-refractivity contribution in [3.8, 4) is 0 Å². The van der Waals surface area contributed by atoms with Gasteiger partial charge in [-0.3, -0.25) is 13.7 Å². The molecule has 11 heteroatoms. The molecule has 3 N–H and O–H groups in total. The lowest BCUT2D eigenvalue weighted by molar-refractivity contribution is 0.103. The van der Waals surface area contributed by atoms with Crippen LogP contribution in [0.5, 0.6) is 0 Å². The Morgan fingerprint density at radius 3 is 2.81 bits per heavy atom. The minimum atomic E-state index is -3.96. The number of nitrogens with zero attached hydrogens (tertiary/aromatic N) is 4. The molecule has 192 valence electrons. The number of carbonyl (C=O) groups is 1. The largest absolute Gasteiger partial charge is 0.367 e. The second-order valence-corrected chi connectivity index (χ2v) is 11.5. The van der Waals surface area contributed by atoms with Gasteiger partial charge in [0.15, 0.2) is 0 Å². The number of aromatic nitrogens is 4. The van der Waals surface area contributed by atoms with Crippen molar-refractivity contribution in [3.05, 3.63) is 71.4 Å². The molecule has 0 saturated heterocycles. The summed E-state index contributed by atoms with van der Waals surface area (Å²) >= 11 is 0. The Hall–Kier alpha value is -3.15. The number of hydrogen-bond donors (Lipinski definition) is 2. The fraction of sp³-hybridized carbons (Fsp3) is 0.440. The van der Waals surface area contributed by atoms with Crippen LogP contribution < -0.4 is 10.5 Å². The Morgan fingerprint density at radius 2 is 2.06 bits per heavy atom.